The van der Waals surface area contributed by atoms with E-state index in [0.717, 1.165) is 56.1 Å². The van der Waals surface area contributed by atoms with E-state index in [9.17, 15) is 9.90 Å². The highest BCUT2D eigenvalue weighted by molar-refractivity contribution is 5.79. The van der Waals surface area contributed by atoms with E-state index in [4.69, 9.17) is 43.4 Å². The third-order valence-electron chi connectivity index (χ3n) is 14.3. The number of Topliss-reactive ketones (excluding diaryl/α,β-unsaturated/α-hetero) is 1. The van der Waals surface area contributed by atoms with Crippen molar-refractivity contribution in [3.8, 4) is 0 Å². The normalized spacial score (nSPS) is 51.4. The van der Waals surface area contributed by atoms with Crippen molar-refractivity contribution in [2.45, 2.75) is 195 Å². The fraction of sp³-hybridized carbons (Fsp3) is 0.875. The third kappa shape index (κ3) is 6.95. The second-order valence-corrected chi connectivity index (χ2v) is 17.8. The first kappa shape index (κ1) is 36.7. The Morgan fingerprint density at radius 3 is 2.42 bits per heavy atom. The quantitative estimate of drug-likeness (QED) is 0.171. The van der Waals surface area contributed by atoms with Gasteiger partial charge in [-0.15, -0.1) is 0 Å². The molecule has 10 aliphatic rings. The van der Waals surface area contributed by atoms with Crippen molar-refractivity contribution in [1.82, 2.24) is 0 Å². The van der Waals surface area contributed by atoms with E-state index in [-0.39, 0.29) is 116 Å². The topological polar surface area (TPSA) is 160 Å². The molecule has 10 rings (SSSR count). The first-order valence-corrected chi connectivity index (χ1v) is 20.4. The number of carbonyl (C=O) groups excluding carboxylic acids is 1. The van der Waals surface area contributed by atoms with Crippen molar-refractivity contribution >= 4 is 5.78 Å². The number of ketones is 1. The van der Waals surface area contributed by atoms with Crippen LogP contribution >= 0.6 is 0 Å². The van der Waals surface area contributed by atoms with Gasteiger partial charge in [-0.2, -0.15) is 0 Å². The minimum atomic E-state index is -0.830. The Balaban J connectivity index is 0.979. The summed E-state index contributed by atoms with van der Waals surface area (Å²) in [6, 6.07) is 0. The molecule has 0 radical (unpaired) electrons. The summed E-state index contributed by atoms with van der Waals surface area (Å²) in [5.41, 5.74) is 11.0. The lowest BCUT2D eigenvalue weighted by Crippen LogP contribution is -2.61. The zero-order valence-corrected chi connectivity index (χ0v) is 31.2. The van der Waals surface area contributed by atoms with Crippen LogP contribution in [0.5, 0.6) is 0 Å². The van der Waals surface area contributed by atoms with Crippen molar-refractivity contribution in [2.24, 2.45) is 22.9 Å². The molecule has 0 saturated carbocycles. The number of nitrogens with zero attached hydrogens (tertiary/aromatic N) is 3. The number of carbonyl (C=O) groups is 1. The predicted molar refractivity (Wildman–Crippen MR) is 190 cm³/mol. The molecule has 10 heterocycles. The number of hydrogen-bond acceptors (Lipinski definition) is 11. The van der Waals surface area contributed by atoms with E-state index >= 15 is 0 Å². The maximum atomic E-state index is 14.0. The summed E-state index contributed by atoms with van der Waals surface area (Å²) in [7, 11) is 0. The number of aliphatic hydroxyl groups excluding tert-OH is 1. The van der Waals surface area contributed by atoms with Gasteiger partial charge in [-0.05, 0) is 85.8 Å². The first-order valence-electron chi connectivity index (χ1n) is 20.4. The fourth-order valence-corrected chi connectivity index (χ4v) is 11.4. The molecule has 13 nitrogen and oxygen atoms in total. The number of fused-ring (bicyclic) bond motifs is 6. The largest absolute Gasteiger partial charge is 0.393 e. The molecule has 1 spiro atoms. The zero-order chi connectivity index (χ0) is 36.6. The Hall–Kier alpha value is -1.90. The number of aliphatic hydroxyl groups is 1. The molecule has 12 bridgehead atoms. The first-order chi connectivity index (χ1) is 25.6. The van der Waals surface area contributed by atoms with Gasteiger partial charge in [0, 0.05) is 37.0 Å². The lowest BCUT2D eigenvalue weighted by Gasteiger charge is -2.47. The number of azide groups is 1. The molecule has 0 aromatic heterocycles. The van der Waals surface area contributed by atoms with Gasteiger partial charge < -0.3 is 43.0 Å². The molecule has 1 N–H and O–H groups in total. The summed E-state index contributed by atoms with van der Waals surface area (Å²) in [4.78, 5) is 16.9. The Bertz CT molecular complexity index is 1490. The molecular weight excluding hydrogens is 682 g/mol. The lowest BCUT2D eigenvalue weighted by atomic mass is 9.78. The average molecular weight is 740 g/mol. The van der Waals surface area contributed by atoms with Gasteiger partial charge in [-0.1, -0.05) is 32.1 Å². The van der Waals surface area contributed by atoms with Crippen LogP contribution in [0.25, 0.3) is 10.4 Å². The minimum absolute atomic E-state index is 0.00591. The van der Waals surface area contributed by atoms with Gasteiger partial charge in [0.2, 0.25) is 0 Å². The fourth-order valence-electron chi connectivity index (χ4n) is 11.4. The molecule has 3 unspecified atom stereocenters. The molecule has 0 aromatic rings. The molecule has 0 amide bonds. The number of hydrogen-bond donors (Lipinski definition) is 1. The molecule has 0 aromatic carbocycles. The molecule has 13 heteroatoms. The van der Waals surface area contributed by atoms with Crippen LogP contribution in [-0.2, 0) is 42.7 Å². The lowest BCUT2D eigenvalue weighted by molar-refractivity contribution is -0.292. The summed E-state index contributed by atoms with van der Waals surface area (Å²) in [5, 5.41) is 14.3. The highest BCUT2D eigenvalue weighted by Gasteiger charge is 2.68. The van der Waals surface area contributed by atoms with Crippen molar-refractivity contribution in [3.63, 3.8) is 0 Å². The Morgan fingerprint density at radius 1 is 0.811 bits per heavy atom. The van der Waals surface area contributed by atoms with Gasteiger partial charge >= 0.3 is 0 Å². The highest BCUT2D eigenvalue weighted by atomic mass is 16.8. The maximum Gasteiger partial charge on any atom is 0.172 e. The van der Waals surface area contributed by atoms with E-state index in [1.54, 1.807) is 0 Å². The van der Waals surface area contributed by atoms with Crippen molar-refractivity contribution in [2.75, 3.05) is 6.54 Å². The molecular formula is C40H57N3O10. The minimum Gasteiger partial charge on any atom is -0.393 e. The van der Waals surface area contributed by atoms with Crippen LogP contribution in [0.15, 0.2) is 29.4 Å². The van der Waals surface area contributed by atoms with E-state index in [1.807, 2.05) is 0 Å². The molecule has 19 atom stereocenters. The van der Waals surface area contributed by atoms with Gasteiger partial charge in [-0.25, -0.2) is 0 Å². The summed E-state index contributed by atoms with van der Waals surface area (Å²) in [5.74, 6) is -0.449. The average Bonchev–Trinajstić information content (AvgIpc) is 3.79. The molecule has 10 saturated heterocycles. The van der Waals surface area contributed by atoms with Crippen LogP contribution < -0.4 is 0 Å². The Morgan fingerprint density at radius 2 is 1.57 bits per heavy atom. The third-order valence-corrected chi connectivity index (χ3v) is 14.3. The van der Waals surface area contributed by atoms with Crippen LogP contribution in [0.3, 0.4) is 0 Å². The van der Waals surface area contributed by atoms with Crippen LogP contribution in [0.4, 0.5) is 0 Å². The van der Waals surface area contributed by atoms with Crippen LogP contribution in [-0.4, -0.2) is 115 Å². The summed E-state index contributed by atoms with van der Waals surface area (Å²) < 4.78 is 54.0. The molecule has 10 aliphatic heterocycles. The highest BCUT2D eigenvalue weighted by Crippen LogP contribution is 2.54. The number of rotatable bonds is 4. The molecule has 0 aliphatic carbocycles. The monoisotopic (exact) mass is 739 g/mol. The Kier molecular flexibility index (Phi) is 10.1. The van der Waals surface area contributed by atoms with Gasteiger partial charge in [0.25, 0.3) is 0 Å². The summed E-state index contributed by atoms with van der Waals surface area (Å²) >= 11 is 0. The summed E-state index contributed by atoms with van der Waals surface area (Å²) in [6.07, 6.45) is 5.39. The molecule has 53 heavy (non-hydrogen) atoms. The SMILES string of the molecule is C=C1C[C@@H]2CC[C@@]34C[C@H]5O[C@H]6[C@@H](O3)[C@H]3OC(CC[C@@H]3O[C@H]6[C@H]5O4)CC(=O)C[C@@H]3[C@@H](C)[C@@H](C[C@H](O)CN=[N+]=[N-])O[C@H]3CC3O[C@@H](CCC1O2)C[C@@H](C)C3=C. The van der Waals surface area contributed by atoms with E-state index in [2.05, 4.69) is 37.0 Å². The molecule has 292 valence electrons. The maximum absolute atomic E-state index is 14.0. The summed E-state index contributed by atoms with van der Waals surface area (Å²) in [6.45, 7) is 13.2. The second kappa shape index (κ2) is 14.6. The smallest absolute Gasteiger partial charge is 0.172 e. The van der Waals surface area contributed by atoms with Gasteiger partial charge in [0.1, 0.15) is 36.3 Å². The standard InChI is InChI=1S/C40H57N3O10/c1-19-11-25-5-7-29-20(2)12-27(46-29)9-10-40-17-34-36(52-40)37-38(51-34)39(53-40)35-30(50-37)8-6-26(48-35)13-23(44)14-28-22(4)31(15-24(45)18-42-43-41)49-33(28)16-32(47-25)21(19)3/h19,22,24-39,45H,2-3,5-18H2,1,4H3/t19-,22-,24+,25+,26?,27+,28-,29?,30+,31-,32?,33+,34-,35+,36+,37+,38-,39+,40+/m1/s1. The van der Waals surface area contributed by atoms with E-state index in [1.165, 1.54) is 0 Å². The second-order valence-electron chi connectivity index (χ2n) is 17.8. The van der Waals surface area contributed by atoms with Crippen LogP contribution in [0, 0.1) is 17.8 Å². The molecule has 10 fully saturated rings. The number of ether oxygens (including phenoxy) is 8. The van der Waals surface area contributed by atoms with Crippen molar-refractivity contribution in [1.29, 1.82) is 0 Å². The van der Waals surface area contributed by atoms with Gasteiger partial charge in [-0.3, -0.25) is 4.79 Å². The van der Waals surface area contributed by atoms with Crippen LogP contribution in [0.1, 0.15) is 97.3 Å². The van der Waals surface area contributed by atoms with Crippen LogP contribution in [0.2, 0.25) is 0 Å². The van der Waals surface area contributed by atoms with Gasteiger partial charge in [0.15, 0.2) is 5.79 Å². The van der Waals surface area contributed by atoms with E-state index < -0.39 is 11.9 Å². The zero-order valence-electron chi connectivity index (χ0n) is 31.2. The van der Waals surface area contributed by atoms with Crippen molar-refractivity contribution < 1.29 is 47.8 Å². The Labute approximate surface area is 312 Å². The van der Waals surface area contributed by atoms with Gasteiger partial charge in [0.05, 0.1) is 67.6 Å². The van der Waals surface area contributed by atoms with E-state index in [0.29, 0.717) is 38.5 Å². The van der Waals surface area contributed by atoms with Crippen molar-refractivity contribution in [3.05, 3.63) is 34.7 Å². The predicted octanol–water partition coefficient (Wildman–Crippen LogP) is 5.41.